The van der Waals surface area contributed by atoms with E-state index in [0.29, 0.717) is 18.0 Å². The van der Waals surface area contributed by atoms with Crippen LogP contribution in [0, 0.1) is 0 Å². The second kappa shape index (κ2) is 10.2. The zero-order valence-corrected chi connectivity index (χ0v) is 14.8. The maximum atomic E-state index is 11.9. The molecule has 0 aliphatic heterocycles. The highest BCUT2D eigenvalue weighted by atomic mass is 16.5. The molecular formula is C21H25NO3. The van der Waals surface area contributed by atoms with E-state index in [4.69, 9.17) is 9.47 Å². The van der Waals surface area contributed by atoms with E-state index in [1.165, 1.54) is 5.56 Å². The van der Waals surface area contributed by atoms with Crippen molar-refractivity contribution in [3.05, 3.63) is 65.7 Å². The Balaban J connectivity index is 1.72. The molecule has 2 aromatic carbocycles. The van der Waals surface area contributed by atoms with Crippen LogP contribution in [0.2, 0.25) is 0 Å². The minimum Gasteiger partial charge on any atom is -0.493 e. The monoisotopic (exact) mass is 339 g/mol. The van der Waals surface area contributed by atoms with Crippen LogP contribution in [-0.2, 0) is 11.2 Å². The molecule has 132 valence electrons. The molecule has 0 saturated carbocycles. The fourth-order valence-corrected chi connectivity index (χ4v) is 2.50. The Morgan fingerprint density at radius 3 is 2.48 bits per heavy atom. The molecule has 0 saturated heterocycles. The minimum atomic E-state index is -0.0884. The molecule has 0 heterocycles. The third-order valence-corrected chi connectivity index (χ3v) is 3.87. The lowest BCUT2D eigenvalue weighted by Gasteiger charge is -2.07. The lowest BCUT2D eigenvalue weighted by molar-refractivity contribution is -0.116. The normalized spacial score (nSPS) is 10.6. The van der Waals surface area contributed by atoms with E-state index < -0.39 is 0 Å². The molecule has 0 radical (unpaired) electrons. The van der Waals surface area contributed by atoms with Crippen LogP contribution in [0.15, 0.2) is 54.6 Å². The summed E-state index contributed by atoms with van der Waals surface area (Å²) < 4.78 is 10.4. The van der Waals surface area contributed by atoms with Crippen molar-refractivity contribution >= 4 is 12.0 Å². The van der Waals surface area contributed by atoms with E-state index in [1.807, 2.05) is 24.3 Å². The van der Waals surface area contributed by atoms with Gasteiger partial charge in [-0.15, -0.1) is 0 Å². The SMILES string of the molecule is COc1ccc(C=CC(=O)NCCCCc2ccccc2)cc1OC. The molecule has 2 rings (SSSR count). The summed E-state index contributed by atoms with van der Waals surface area (Å²) in [5.74, 6) is 1.22. The first-order valence-electron chi connectivity index (χ1n) is 8.45. The van der Waals surface area contributed by atoms with E-state index in [9.17, 15) is 4.79 Å². The first-order valence-corrected chi connectivity index (χ1v) is 8.45. The Morgan fingerprint density at radius 1 is 1.00 bits per heavy atom. The van der Waals surface area contributed by atoms with Crippen molar-refractivity contribution in [1.82, 2.24) is 5.32 Å². The fraction of sp³-hybridized carbons (Fsp3) is 0.286. The van der Waals surface area contributed by atoms with Crippen molar-refractivity contribution in [1.29, 1.82) is 0 Å². The maximum absolute atomic E-state index is 11.9. The largest absolute Gasteiger partial charge is 0.493 e. The van der Waals surface area contributed by atoms with Gasteiger partial charge in [-0.2, -0.15) is 0 Å². The van der Waals surface area contributed by atoms with Crippen molar-refractivity contribution in [3.63, 3.8) is 0 Å². The lowest BCUT2D eigenvalue weighted by atomic mass is 10.1. The van der Waals surface area contributed by atoms with Crippen molar-refractivity contribution in [3.8, 4) is 11.5 Å². The van der Waals surface area contributed by atoms with Crippen molar-refractivity contribution in [2.24, 2.45) is 0 Å². The second-order valence-corrected chi connectivity index (χ2v) is 5.68. The molecule has 0 bridgehead atoms. The van der Waals surface area contributed by atoms with E-state index in [1.54, 1.807) is 26.4 Å². The smallest absolute Gasteiger partial charge is 0.243 e. The first kappa shape index (κ1) is 18.6. The molecule has 1 N–H and O–H groups in total. The number of nitrogens with one attached hydrogen (secondary N) is 1. The number of unbranched alkanes of at least 4 members (excludes halogenated alkanes) is 1. The molecule has 0 spiro atoms. The molecule has 1 amide bonds. The van der Waals surface area contributed by atoms with Crippen molar-refractivity contribution in [2.45, 2.75) is 19.3 Å². The van der Waals surface area contributed by atoms with Gasteiger partial charge in [0.1, 0.15) is 0 Å². The number of carbonyl (C=O) groups excluding carboxylic acids is 1. The van der Waals surface area contributed by atoms with Gasteiger partial charge in [0.2, 0.25) is 5.91 Å². The molecule has 2 aromatic rings. The van der Waals surface area contributed by atoms with Crippen LogP contribution in [0.5, 0.6) is 11.5 Å². The summed E-state index contributed by atoms with van der Waals surface area (Å²) in [5.41, 5.74) is 2.22. The predicted molar refractivity (Wildman–Crippen MR) is 101 cm³/mol. The van der Waals surface area contributed by atoms with E-state index in [-0.39, 0.29) is 5.91 Å². The average molecular weight is 339 g/mol. The lowest BCUT2D eigenvalue weighted by Crippen LogP contribution is -2.22. The quantitative estimate of drug-likeness (QED) is 0.557. The molecule has 0 fully saturated rings. The summed E-state index contributed by atoms with van der Waals surface area (Å²) in [6.07, 6.45) is 6.37. The number of benzene rings is 2. The predicted octanol–water partition coefficient (Wildman–Crippen LogP) is 3.86. The third kappa shape index (κ3) is 6.34. The maximum Gasteiger partial charge on any atom is 0.243 e. The highest BCUT2D eigenvalue weighted by Gasteiger charge is 2.03. The highest BCUT2D eigenvalue weighted by Crippen LogP contribution is 2.27. The second-order valence-electron chi connectivity index (χ2n) is 5.68. The van der Waals surface area contributed by atoms with Gasteiger partial charge in [-0.1, -0.05) is 36.4 Å². The molecule has 0 unspecified atom stereocenters. The zero-order valence-electron chi connectivity index (χ0n) is 14.8. The van der Waals surface area contributed by atoms with Crippen LogP contribution in [-0.4, -0.2) is 26.7 Å². The minimum absolute atomic E-state index is 0.0884. The van der Waals surface area contributed by atoms with Gasteiger partial charge in [0, 0.05) is 12.6 Å². The van der Waals surface area contributed by atoms with Gasteiger partial charge in [-0.3, -0.25) is 4.79 Å². The number of methoxy groups -OCH3 is 2. The summed E-state index contributed by atoms with van der Waals surface area (Å²) in [4.78, 5) is 11.9. The Bertz CT molecular complexity index is 696. The van der Waals surface area contributed by atoms with Crippen LogP contribution in [0.3, 0.4) is 0 Å². The number of carbonyl (C=O) groups is 1. The summed E-state index contributed by atoms with van der Waals surface area (Å²) >= 11 is 0. The Kier molecular flexibility index (Phi) is 7.57. The Morgan fingerprint density at radius 2 is 1.76 bits per heavy atom. The molecule has 0 atom stereocenters. The van der Waals surface area contributed by atoms with Gasteiger partial charge in [0.15, 0.2) is 11.5 Å². The van der Waals surface area contributed by atoms with Gasteiger partial charge >= 0.3 is 0 Å². The van der Waals surface area contributed by atoms with Crippen molar-refractivity contribution in [2.75, 3.05) is 20.8 Å². The Hall–Kier alpha value is -2.75. The van der Waals surface area contributed by atoms with Gasteiger partial charge < -0.3 is 14.8 Å². The number of amides is 1. The third-order valence-electron chi connectivity index (χ3n) is 3.87. The zero-order chi connectivity index (χ0) is 17.9. The Labute approximate surface area is 149 Å². The average Bonchev–Trinajstić information content (AvgIpc) is 2.66. The number of hydrogen-bond acceptors (Lipinski definition) is 3. The van der Waals surface area contributed by atoms with Gasteiger partial charge in [-0.25, -0.2) is 0 Å². The fourth-order valence-electron chi connectivity index (χ4n) is 2.50. The van der Waals surface area contributed by atoms with Gasteiger partial charge in [0.25, 0.3) is 0 Å². The number of rotatable bonds is 9. The molecule has 0 aliphatic rings. The summed E-state index contributed by atoms with van der Waals surface area (Å²) in [6, 6.07) is 15.9. The van der Waals surface area contributed by atoms with E-state index >= 15 is 0 Å². The molecule has 0 aliphatic carbocycles. The molecule has 4 heteroatoms. The summed E-state index contributed by atoms with van der Waals surface area (Å²) in [5, 5.41) is 2.91. The van der Waals surface area contributed by atoms with Crippen LogP contribution in [0.4, 0.5) is 0 Å². The molecule has 4 nitrogen and oxygen atoms in total. The highest BCUT2D eigenvalue weighted by molar-refractivity contribution is 5.91. The first-order chi connectivity index (χ1) is 12.2. The van der Waals surface area contributed by atoms with Crippen LogP contribution in [0.1, 0.15) is 24.0 Å². The number of aryl methyl sites for hydroxylation is 1. The standard InChI is InChI=1S/C21H25NO3/c1-24-19-13-11-18(16-20(19)25-2)12-14-21(23)22-15-7-6-10-17-8-4-3-5-9-17/h3-5,8-9,11-14,16H,6-7,10,15H2,1-2H3,(H,22,23). The summed E-state index contributed by atoms with van der Waals surface area (Å²) in [7, 11) is 3.19. The van der Waals surface area contributed by atoms with Gasteiger partial charge in [0.05, 0.1) is 14.2 Å². The van der Waals surface area contributed by atoms with Crippen LogP contribution >= 0.6 is 0 Å². The van der Waals surface area contributed by atoms with Crippen LogP contribution in [0.25, 0.3) is 6.08 Å². The number of ether oxygens (including phenoxy) is 2. The topological polar surface area (TPSA) is 47.6 Å². The van der Waals surface area contributed by atoms with E-state index in [0.717, 1.165) is 24.8 Å². The van der Waals surface area contributed by atoms with E-state index in [2.05, 4.69) is 29.6 Å². The van der Waals surface area contributed by atoms with Crippen molar-refractivity contribution < 1.29 is 14.3 Å². The van der Waals surface area contributed by atoms with Gasteiger partial charge in [-0.05, 0) is 48.6 Å². The molecule has 25 heavy (non-hydrogen) atoms. The van der Waals surface area contributed by atoms with Crippen LogP contribution < -0.4 is 14.8 Å². The molecular weight excluding hydrogens is 314 g/mol. The number of hydrogen-bond donors (Lipinski definition) is 1. The molecule has 0 aromatic heterocycles. The summed E-state index contributed by atoms with van der Waals surface area (Å²) in [6.45, 7) is 0.682.